The van der Waals surface area contributed by atoms with Gasteiger partial charge in [0.15, 0.2) is 0 Å². The average Bonchev–Trinajstić information content (AvgIpc) is 2.50. The molecule has 0 spiro atoms. The summed E-state index contributed by atoms with van der Waals surface area (Å²) in [6, 6.07) is 1.77. The van der Waals surface area contributed by atoms with Crippen molar-refractivity contribution in [1.82, 2.24) is 5.32 Å². The normalized spacial score (nSPS) is 13.8. The molecule has 7 heteroatoms. The van der Waals surface area contributed by atoms with E-state index in [2.05, 4.69) is 5.32 Å². The number of methoxy groups -OCH3 is 1. The molecule has 0 bridgehead atoms. The van der Waals surface area contributed by atoms with Gasteiger partial charge in [-0.3, -0.25) is 0 Å². The van der Waals surface area contributed by atoms with Crippen LogP contribution in [0, 0.1) is 17.2 Å². The van der Waals surface area contributed by atoms with E-state index >= 15 is 0 Å². The van der Waals surface area contributed by atoms with E-state index in [1.807, 2.05) is 13.8 Å². The van der Waals surface area contributed by atoms with E-state index < -0.39 is 17.7 Å². The molecule has 0 aliphatic carbocycles. The summed E-state index contributed by atoms with van der Waals surface area (Å²) in [6.45, 7) is 6.64. The Hall–Kier alpha value is -1.81. The summed E-state index contributed by atoms with van der Waals surface area (Å²) in [4.78, 5) is 0. The standard InChI is InChI=1S/C13H15F3N2OS.C2H6/c1-4-11(18-12(20)19-3)6-5-10(8-17)7-9(2)13(14,15)16;1-2/h4-7,10H,1-3H3,(H,18,20);1-2H3/b6-5-,9-7?,11-4+;. The molecule has 0 amide bonds. The van der Waals surface area contributed by atoms with E-state index in [1.165, 1.54) is 19.3 Å². The Bertz CT molecular complexity index is 474. The zero-order valence-electron chi connectivity index (χ0n) is 13.3. The van der Waals surface area contributed by atoms with Crippen LogP contribution in [0.1, 0.15) is 27.7 Å². The molecular weight excluding hydrogens is 313 g/mol. The van der Waals surface area contributed by atoms with Crippen LogP contribution in [0.15, 0.2) is 35.6 Å². The molecular formula is C15H21F3N2OS. The monoisotopic (exact) mass is 334 g/mol. The van der Waals surface area contributed by atoms with Crippen LogP contribution in [0.2, 0.25) is 0 Å². The first-order valence-electron chi connectivity index (χ1n) is 6.59. The third-order valence-corrected chi connectivity index (χ3v) is 2.52. The lowest BCUT2D eigenvalue weighted by Gasteiger charge is -2.08. The zero-order chi connectivity index (χ0) is 17.8. The second-order valence-corrected chi connectivity index (χ2v) is 4.09. The Morgan fingerprint density at radius 3 is 2.27 bits per heavy atom. The molecule has 124 valence electrons. The van der Waals surface area contributed by atoms with Crippen molar-refractivity contribution in [2.45, 2.75) is 33.9 Å². The van der Waals surface area contributed by atoms with E-state index in [0.717, 1.165) is 13.0 Å². The Morgan fingerprint density at radius 2 is 1.91 bits per heavy atom. The average molecular weight is 334 g/mol. The van der Waals surface area contributed by atoms with Gasteiger partial charge < -0.3 is 10.1 Å². The fraction of sp³-hybridized carbons (Fsp3) is 0.467. The minimum absolute atomic E-state index is 0.123. The maximum Gasteiger partial charge on any atom is 0.412 e. The quantitative estimate of drug-likeness (QED) is 0.462. The molecule has 0 heterocycles. The molecule has 0 saturated carbocycles. The SMILES string of the molecule is C/C=C(\C=C/C(C#N)C=C(C)C(F)(F)F)NC(=S)OC.CC. The van der Waals surface area contributed by atoms with Crippen LogP contribution in [0.5, 0.6) is 0 Å². The molecule has 1 unspecified atom stereocenters. The van der Waals surface area contributed by atoms with Crippen molar-refractivity contribution >= 4 is 17.4 Å². The number of hydrogen-bond donors (Lipinski definition) is 1. The molecule has 0 rings (SSSR count). The second kappa shape index (κ2) is 11.8. The molecule has 3 nitrogen and oxygen atoms in total. The summed E-state index contributed by atoms with van der Waals surface area (Å²) < 4.78 is 41.9. The number of hydrogen-bond acceptors (Lipinski definition) is 3. The molecule has 0 saturated heterocycles. The van der Waals surface area contributed by atoms with Crippen molar-refractivity contribution in [2.24, 2.45) is 5.92 Å². The number of thiocarbonyl (C=S) groups is 1. The highest BCUT2D eigenvalue weighted by atomic mass is 32.1. The highest BCUT2D eigenvalue weighted by Crippen LogP contribution is 2.26. The minimum Gasteiger partial charge on any atom is -0.474 e. The Kier molecular flexibility index (Phi) is 12.1. The molecule has 0 radical (unpaired) electrons. The number of nitrogens with one attached hydrogen (secondary N) is 1. The van der Waals surface area contributed by atoms with Crippen molar-refractivity contribution in [3.05, 3.63) is 35.6 Å². The number of nitrogens with zero attached hydrogens (tertiary/aromatic N) is 1. The molecule has 0 fully saturated rings. The summed E-state index contributed by atoms with van der Waals surface area (Å²) >= 11 is 4.79. The first-order chi connectivity index (χ1) is 10.2. The van der Waals surface area contributed by atoms with E-state index in [9.17, 15) is 13.2 Å². The number of nitriles is 1. The number of alkyl halides is 3. The number of halogens is 3. The molecule has 0 aromatic rings. The van der Waals surface area contributed by atoms with Gasteiger partial charge >= 0.3 is 6.18 Å². The van der Waals surface area contributed by atoms with Crippen molar-refractivity contribution in [3.63, 3.8) is 0 Å². The summed E-state index contributed by atoms with van der Waals surface area (Å²) in [5, 5.41) is 11.7. The number of allylic oxidation sites excluding steroid dienone is 5. The number of rotatable bonds is 4. The lowest BCUT2D eigenvalue weighted by molar-refractivity contribution is -0.0916. The van der Waals surface area contributed by atoms with Crippen LogP contribution in [0.4, 0.5) is 13.2 Å². The maximum atomic E-state index is 12.4. The first kappa shape index (κ1) is 22.5. The van der Waals surface area contributed by atoms with Crippen LogP contribution in [-0.4, -0.2) is 18.5 Å². The molecule has 0 aliphatic rings. The largest absolute Gasteiger partial charge is 0.474 e. The molecule has 0 aliphatic heterocycles. The Labute approximate surface area is 135 Å². The summed E-state index contributed by atoms with van der Waals surface area (Å²) in [5.74, 6) is -0.982. The van der Waals surface area contributed by atoms with E-state index in [1.54, 1.807) is 19.1 Å². The van der Waals surface area contributed by atoms with Gasteiger partial charge in [-0.05, 0) is 32.1 Å². The van der Waals surface area contributed by atoms with Gasteiger partial charge in [-0.2, -0.15) is 18.4 Å². The predicted molar refractivity (Wildman–Crippen MR) is 85.9 cm³/mol. The van der Waals surface area contributed by atoms with E-state index in [0.29, 0.717) is 5.70 Å². The fourth-order valence-electron chi connectivity index (χ4n) is 1.09. The lowest BCUT2D eigenvalue weighted by Crippen LogP contribution is -2.21. The van der Waals surface area contributed by atoms with Crippen LogP contribution >= 0.6 is 12.2 Å². The summed E-state index contributed by atoms with van der Waals surface area (Å²) in [5.41, 5.74) is -0.286. The van der Waals surface area contributed by atoms with Crippen molar-refractivity contribution in [2.75, 3.05) is 7.11 Å². The topological polar surface area (TPSA) is 45.0 Å². The lowest BCUT2D eigenvalue weighted by atomic mass is 10.1. The van der Waals surface area contributed by atoms with Gasteiger partial charge in [0.05, 0.1) is 19.1 Å². The fourth-order valence-corrected chi connectivity index (χ4v) is 1.20. The maximum absolute atomic E-state index is 12.4. The summed E-state index contributed by atoms with van der Waals surface area (Å²) in [6.07, 6.45) is 0.895. The Morgan fingerprint density at radius 1 is 1.36 bits per heavy atom. The van der Waals surface area contributed by atoms with Gasteiger partial charge in [0, 0.05) is 11.3 Å². The highest BCUT2D eigenvalue weighted by Gasteiger charge is 2.30. The Balaban J connectivity index is 0. The third kappa shape index (κ3) is 10.00. The first-order valence-corrected chi connectivity index (χ1v) is 7.00. The number of ether oxygens (including phenoxy) is 1. The van der Waals surface area contributed by atoms with Crippen LogP contribution < -0.4 is 5.32 Å². The van der Waals surface area contributed by atoms with Gasteiger partial charge in [0.1, 0.15) is 0 Å². The molecule has 1 N–H and O–H groups in total. The highest BCUT2D eigenvalue weighted by molar-refractivity contribution is 7.80. The van der Waals surface area contributed by atoms with Crippen LogP contribution in [-0.2, 0) is 4.74 Å². The van der Waals surface area contributed by atoms with Gasteiger partial charge in [0.25, 0.3) is 5.17 Å². The minimum atomic E-state index is -4.43. The van der Waals surface area contributed by atoms with Gasteiger partial charge in [-0.15, -0.1) is 0 Å². The van der Waals surface area contributed by atoms with Crippen molar-refractivity contribution in [1.29, 1.82) is 5.26 Å². The van der Waals surface area contributed by atoms with E-state index in [4.69, 9.17) is 22.2 Å². The van der Waals surface area contributed by atoms with Crippen LogP contribution in [0.3, 0.4) is 0 Å². The van der Waals surface area contributed by atoms with E-state index in [-0.39, 0.29) is 5.17 Å². The van der Waals surface area contributed by atoms with Gasteiger partial charge in [0.2, 0.25) is 0 Å². The molecule has 0 aromatic heterocycles. The molecule has 22 heavy (non-hydrogen) atoms. The van der Waals surface area contributed by atoms with Crippen molar-refractivity contribution in [3.8, 4) is 6.07 Å². The molecule has 1 atom stereocenters. The van der Waals surface area contributed by atoms with Crippen LogP contribution in [0.25, 0.3) is 0 Å². The van der Waals surface area contributed by atoms with Gasteiger partial charge in [-0.25, -0.2) is 0 Å². The second-order valence-electron chi connectivity index (χ2n) is 3.72. The smallest absolute Gasteiger partial charge is 0.412 e. The molecule has 0 aromatic carbocycles. The summed E-state index contributed by atoms with van der Waals surface area (Å²) in [7, 11) is 1.39. The van der Waals surface area contributed by atoms with Gasteiger partial charge in [-0.1, -0.05) is 32.1 Å². The predicted octanol–water partition coefficient (Wildman–Crippen LogP) is 4.64. The zero-order valence-corrected chi connectivity index (χ0v) is 14.1. The van der Waals surface area contributed by atoms with Crippen molar-refractivity contribution < 1.29 is 17.9 Å². The third-order valence-electron chi connectivity index (χ3n) is 2.25.